The van der Waals surface area contributed by atoms with Crippen LogP contribution in [0.15, 0.2) is 0 Å². The number of hydrogen-bond donors (Lipinski definition) is 0. The Hall–Kier alpha value is -0.0800. The van der Waals surface area contributed by atoms with E-state index in [0.29, 0.717) is 0 Å². The van der Waals surface area contributed by atoms with E-state index >= 15 is 0 Å². The van der Waals surface area contributed by atoms with Crippen LogP contribution in [-0.2, 0) is 9.47 Å². The molecule has 0 aromatic carbocycles. The minimum Gasteiger partial charge on any atom is -0.353 e. The zero-order chi connectivity index (χ0) is 13.5. The van der Waals surface area contributed by atoms with Gasteiger partial charge < -0.3 is 9.47 Å². The molecule has 2 heteroatoms. The van der Waals surface area contributed by atoms with E-state index in [4.69, 9.17) is 9.47 Å². The molecule has 0 aromatic heterocycles. The van der Waals surface area contributed by atoms with Crippen molar-refractivity contribution in [2.24, 2.45) is 0 Å². The molecule has 0 aliphatic heterocycles. The highest BCUT2D eigenvalue weighted by atomic mass is 16.7. The first-order valence-corrected chi connectivity index (χ1v) is 8.08. The quantitative estimate of drug-likeness (QED) is 0.311. The molecule has 0 N–H and O–H groups in total. The average molecular weight is 258 g/mol. The molecule has 0 radical (unpaired) electrons. The largest absolute Gasteiger partial charge is 0.353 e. The summed E-state index contributed by atoms with van der Waals surface area (Å²) in [7, 11) is 0. The van der Waals surface area contributed by atoms with Gasteiger partial charge in [0, 0.05) is 13.2 Å². The van der Waals surface area contributed by atoms with Crippen molar-refractivity contribution in [1.29, 1.82) is 0 Å². The maximum absolute atomic E-state index is 5.81. The molecule has 0 aliphatic carbocycles. The lowest BCUT2D eigenvalue weighted by atomic mass is 10.1. The highest BCUT2D eigenvalue weighted by Crippen LogP contribution is 2.11. The van der Waals surface area contributed by atoms with Gasteiger partial charge in [0.25, 0.3) is 0 Å². The molecule has 0 aromatic rings. The Morgan fingerprint density at radius 1 is 0.611 bits per heavy atom. The van der Waals surface area contributed by atoms with Crippen LogP contribution >= 0.6 is 0 Å². The first-order valence-electron chi connectivity index (χ1n) is 8.08. The van der Waals surface area contributed by atoms with Crippen LogP contribution < -0.4 is 0 Å². The van der Waals surface area contributed by atoms with Gasteiger partial charge in [-0.3, -0.25) is 0 Å². The molecule has 0 bridgehead atoms. The lowest BCUT2D eigenvalue weighted by molar-refractivity contribution is -0.147. The summed E-state index contributed by atoms with van der Waals surface area (Å²) in [4.78, 5) is 0. The summed E-state index contributed by atoms with van der Waals surface area (Å²) >= 11 is 0. The Balaban J connectivity index is 3.60. The Kier molecular flexibility index (Phi) is 14.9. The van der Waals surface area contributed by atoms with Crippen molar-refractivity contribution >= 4 is 0 Å². The van der Waals surface area contributed by atoms with Crippen LogP contribution in [0.5, 0.6) is 0 Å². The smallest absolute Gasteiger partial charge is 0.157 e. The maximum atomic E-state index is 5.81. The first-order chi connectivity index (χ1) is 8.85. The van der Waals surface area contributed by atoms with Crippen LogP contribution in [0.4, 0.5) is 0 Å². The molecule has 0 rings (SSSR count). The van der Waals surface area contributed by atoms with Crippen LogP contribution in [0, 0.1) is 0 Å². The molecule has 2 nitrogen and oxygen atoms in total. The van der Waals surface area contributed by atoms with E-state index in [0.717, 1.165) is 32.5 Å². The molecule has 0 atom stereocenters. The molecule has 0 heterocycles. The molecule has 0 unspecified atom stereocenters. The minimum absolute atomic E-state index is 0.0460. The van der Waals surface area contributed by atoms with Crippen molar-refractivity contribution in [3.8, 4) is 0 Å². The van der Waals surface area contributed by atoms with Gasteiger partial charge in [0.1, 0.15) is 0 Å². The zero-order valence-electron chi connectivity index (χ0n) is 12.9. The molecule has 0 amide bonds. The summed E-state index contributed by atoms with van der Waals surface area (Å²) in [6.45, 7) is 8.34. The van der Waals surface area contributed by atoms with Crippen molar-refractivity contribution in [3.63, 3.8) is 0 Å². The number of unbranched alkanes of at least 4 members (excludes halogenated alkanes) is 6. The van der Waals surface area contributed by atoms with Crippen LogP contribution in [0.1, 0.15) is 85.0 Å². The third kappa shape index (κ3) is 12.4. The fourth-order valence-electron chi connectivity index (χ4n) is 1.85. The molecule has 0 saturated heterocycles. The number of hydrogen-bond acceptors (Lipinski definition) is 2. The summed E-state index contributed by atoms with van der Waals surface area (Å²) in [5.41, 5.74) is 0. The van der Waals surface area contributed by atoms with Crippen molar-refractivity contribution in [1.82, 2.24) is 0 Å². The van der Waals surface area contributed by atoms with E-state index in [-0.39, 0.29) is 6.29 Å². The minimum atomic E-state index is 0.0460. The summed E-state index contributed by atoms with van der Waals surface area (Å²) in [6.07, 6.45) is 12.4. The normalized spacial score (nSPS) is 11.3. The zero-order valence-corrected chi connectivity index (χ0v) is 12.9. The highest BCUT2D eigenvalue weighted by molar-refractivity contribution is 4.50. The van der Waals surface area contributed by atoms with Crippen LogP contribution in [0.3, 0.4) is 0 Å². The predicted octanol–water partition coefficient (Wildman–Crippen LogP) is 5.31. The predicted molar refractivity (Wildman–Crippen MR) is 78.9 cm³/mol. The van der Waals surface area contributed by atoms with Gasteiger partial charge >= 0.3 is 0 Å². The summed E-state index contributed by atoms with van der Waals surface area (Å²) in [5.74, 6) is 0. The lowest BCUT2D eigenvalue weighted by Crippen LogP contribution is -2.18. The highest BCUT2D eigenvalue weighted by Gasteiger charge is 2.08. The summed E-state index contributed by atoms with van der Waals surface area (Å²) in [6, 6.07) is 0. The Morgan fingerprint density at radius 2 is 1.11 bits per heavy atom. The van der Waals surface area contributed by atoms with Gasteiger partial charge in [0.05, 0.1) is 0 Å². The molecule has 0 saturated carbocycles. The second kappa shape index (κ2) is 15.0. The van der Waals surface area contributed by atoms with Crippen LogP contribution in [0.2, 0.25) is 0 Å². The lowest BCUT2D eigenvalue weighted by Gasteiger charge is -2.18. The summed E-state index contributed by atoms with van der Waals surface area (Å²) in [5, 5.41) is 0. The van der Waals surface area contributed by atoms with Gasteiger partial charge in [-0.2, -0.15) is 0 Å². The molecule has 0 fully saturated rings. The standard InChI is InChI=1S/C16H34O2/c1-4-7-10-11-12-13-16(17-14-8-5-2)18-15-9-6-3/h16H,4-15H2,1-3H3. The topological polar surface area (TPSA) is 18.5 Å². The third-order valence-corrected chi connectivity index (χ3v) is 3.15. The molecule has 0 aliphatic rings. The fourth-order valence-corrected chi connectivity index (χ4v) is 1.85. The van der Waals surface area contributed by atoms with Crippen molar-refractivity contribution in [2.45, 2.75) is 91.3 Å². The SMILES string of the molecule is CCCCCCCC(OCCCC)OCCCC. The van der Waals surface area contributed by atoms with Gasteiger partial charge in [0.15, 0.2) is 6.29 Å². The summed E-state index contributed by atoms with van der Waals surface area (Å²) < 4.78 is 11.6. The van der Waals surface area contributed by atoms with E-state index in [1.54, 1.807) is 0 Å². The second-order valence-corrected chi connectivity index (χ2v) is 5.08. The molecule has 110 valence electrons. The van der Waals surface area contributed by atoms with E-state index in [1.165, 1.54) is 44.9 Å². The van der Waals surface area contributed by atoms with Gasteiger partial charge in [-0.05, 0) is 25.7 Å². The Labute approximate surface area is 114 Å². The van der Waals surface area contributed by atoms with Gasteiger partial charge in [-0.25, -0.2) is 0 Å². The molecule has 18 heavy (non-hydrogen) atoms. The van der Waals surface area contributed by atoms with Gasteiger partial charge in [-0.15, -0.1) is 0 Å². The van der Waals surface area contributed by atoms with Crippen molar-refractivity contribution < 1.29 is 9.47 Å². The first kappa shape index (κ1) is 17.9. The van der Waals surface area contributed by atoms with E-state index in [1.807, 2.05) is 0 Å². The van der Waals surface area contributed by atoms with Gasteiger partial charge in [0.2, 0.25) is 0 Å². The van der Waals surface area contributed by atoms with Crippen molar-refractivity contribution in [3.05, 3.63) is 0 Å². The molecule has 0 spiro atoms. The third-order valence-electron chi connectivity index (χ3n) is 3.15. The Bertz CT molecular complexity index is 138. The van der Waals surface area contributed by atoms with E-state index in [2.05, 4.69) is 20.8 Å². The number of ether oxygens (including phenoxy) is 2. The van der Waals surface area contributed by atoms with Crippen molar-refractivity contribution in [2.75, 3.05) is 13.2 Å². The van der Waals surface area contributed by atoms with Crippen LogP contribution in [0.25, 0.3) is 0 Å². The monoisotopic (exact) mass is 258 g/mol. The van der Waals surface area contributed by atoms with E-state index < -0.39 is 0 Å². The average Bonchev–Trinajstić information content (AvgIpc) is 2.38. The van der Waals surface area contributed by atoms with E-state index in [9.17, 15) is 0 Å². The van der Waals surface area contributed by atoms with Crippen LogP contribution in [-0.4, -0.2) is 19.5 Å². The second-order valence-electron chi connectivity index (χ2n) is 5.08. The maximum Gasteiger partial charge on any atom is 0.157 e. The Morgan fingerprint density at radius 3 is 1.61 bits per heavy atom. The van der Waals surface area contributed by atoms with Gasteiger partial charge in [-0.1, -0.05) is 59.3 Å². The molecular formula is C16H34O2. The fraction of sp³-hybridized carbons (Fsp3) is 1.00. The number of rotatable bonds is 14. The molecular weight excluding hydrogens is 224 g/mol.